The maximum Gasteiger partial charge on any atom is 0.162 e. The van der Waals surface area contributed by atoms with E-state index >= 15 is 0 Å². The smallest absolute Gasteiger partial charge is 0.162 e. The second kappa shape index (κ2) is 11.3. The van der Waals surface area contributed by atoms with Crippen LogP contribution in [0.3, 0.4) is 0 Å². The van der Waals surface area contributed by atoms with Crippen LogP contribution in [0.4, 0.5) is 22.9 Å². The van der Waals surface area contributed by atoms with Crippen LogP contribution < -0.4 is 21.1 Å². The van der Waals surface area contributed by atoms with Crippen LogP contribution in [-0.4, -0.2) is 54.4 Å². The molecule has 0 bridgehead atoms. The molecule has 1 aliphatic heterocycles. The Bertz CT molecular complexity index is 1400. The monoisotopic (exact) mass is 495 g/mol. The van der Waals surface area contributed by atoms with Crippen molar-refractivity contribution in [1.82, 2.24) is 14.9 Å². The lowest BCUT2D eigenvalue weighted by molar-refractivity contribution is 0.183. The maximum atomic E-state index is 7.66. The van der Waals surface area contributed by atoms with Gasteiger partial charge >= 0.3 is 0 Å². The van der Waals surface area contributed by atoms with Crippen LogP contribution in [0, 0.1) is 5.41 Å². The third kappa shape index (κ3) is 5.81. The van der Waals surface area contributed by atoms with E-state index in [-0.39, 0.29) is 0 Å². The van der Waals surface area contributed by atoms with Gasteiger partial charge in [-0.2, -0.15) is 0 Å². The van der Waals surface area contributed by atoms with Gasteiger partial charge in [0.05, 0.1) is 5.52 Å². The zero-order chi connectivity index (χ0) is 25.6. The van der Waals surface area contributed by atoms with E-state index < -0.39 is 0 Å². The Morgan fingerprint density at radius 1 is 1.00 bits per heavy atom. The Labute approximate surface area is 217 Å². The van der Waals surface area contributed by atoms with Gasteiger partial charge in [-0.1, -0.05) is 18.6 Å². The van der Waals surface area contributed by atoms with Crippen LogP contribution in [0.5, 0.6) is 5.75 Å². The van der Waals surface area contributed by atoms with E-state index in [0.29, 0.717) is 29.5 Å². The Kier molecular flexibility index (Phi) is 7.46. The number of fused-ring (bicyclic) bond motifs is 1. The number of nitrogen functional groups attached to an aromatic ring is 1. The fourth-order valence-electron chi connectivity index (χ4n) is 4.63. The number of nitrogens with one attached hydrogen (secondary N) is 3. The van der Waals surface area contributed by atoms with Crippen molar-refractivity contribution in [3.8, 4) is 17.1 Å². The second-order valence-electron chi connectivity index (χ2n) is 9.27. The third-order valence-corrected chi connectivity index (χ3v) is 6.71. The minimum absolute atomic E-state index is 0.557. The van der Waals surface area contributed by atoms with Crippen molar-refractivity contribution in [2.24, 2.45) is 0 Å². The van der Waals surface area contributed by atoms with Gasteiger partial charge in [-0.15, -0.1) is 0 Å². The van der Waals surface area contributed by atoms with Gasteiger partial charge in [-0.05, 0) is 74.5 Å². The van der Waals surface area contributed by atoms with Crippen LogP contribution in [-0.2, 0) is 0 Å². The fraction of sp³-hybridized carbons (Fsp3) is 0.276. The number of rotatable bonds is 9. The van der Waals surface area contributed by atoms with Gasteiger partial charge in [0.2, 0.25) is 0 Å². The highest BCUT2D eigenvalue weighted by Crippen LogP contribution is 2.31. The summed E-state index contributed by atoms with van der Waals surface area (Å²) in [5, 5.41) is 15.1. The van der Waals surface area contributed by atoms with E-state index in [1.165, 1.54) is 25.5 Å². The first-order valence-corrected chi connectivity index (χ1v) is 12.7. The van der Waals surface area contributed by atoms with E-state index in [1.54, 1.807) is 6.07 Å². The van der Waals surface area contributed by atoms with Crippen LogP contribution in [0.1, 0.15) is 24.8 Å². The number of piperidine rings is 1. The van der Waals surface area contributed by atoms with E-state index in [1.807, 2.05) is 61.6 Å². The summed E-state index contributed by atoms with van der Waals surface area (Å²) in [6, 6.07) is 19.5. The molecule has 190 valence electrons. The standard InChI is InChI=1S/C29H33N7O/c1-32-22-7-5-6-20(16-22)28-34-27-11-9-24(37-15-14-36-12-3-2-4-13-36)18-25(27)29(35-28)33-23-8-10-26(31)21(17-23)19-30/h5-11,16-19,30,32H,2-4,12-15,31H2,1H3,(H,33,34,35). The van der Waals surface area contributed by atoms with Crippen molar-refractivity contribution in [3.63, 3.8) is 0 Å². The topological polar surface area (TPSA) is 112 Å². The molecule has 1 aromatic heterocycles. The van der Waals surface area contributed by atoms with Crippen LogP contribution in [0.2, 0.25) is 0 Å². The summed E-state index contributed by atoms with van der Waals surface area (Å²) in [7, 11) is 1.89. The molecule has 5 N–H and O–H groups in total. The lowest BCUT2D eigenvalue weighted by Gasteiger charge is -2.26. The molecule has 1 aliphatic rings. The predicted molar refractivity (Wildman–Crippen MR) is 152 cm³/mol. The molecule has 4 aromatic rings. The predicted octanol–water partition coefficient (Wildman–Crippen LogP) is 5.53. The molecule has 2 heterocycles. The Morgan fingerprint density at radius 2 is 1.86 bits per heavy atom. The molecule has 0 aliphatic carbocycles. The van der Waals surface area contributed by atoms with Crippen molar-refractivity contribution in [3.05, 3.63) is 66.2 Å². The van der Waals surface area contributed by atoms with Gasteiger partial charge < -0.3 is 26.5 Å². The molecule has 0 spiro atoms. The van der Waals surface area contributed by atoms with Gasteiger partial charge in [0.25, 0.3) is 0 Å². The molecule has 5 rings (SSSR count). The first kappa shape index (κ1) is 24.5. The molecular formula is C29H33N7O. The number of nitrogens with two attached hydrogens (primary N) is 1. The number of ether oxygens (including phenoxy) is 1. The normalized spacial score (nSPS) is 13.9. The lowest BCUT2D eigenvalue weighted by Crippen LogP contribution is -2.33. The molecule has 8 heteroatoms. The summed E-state index contributed by atoms with van der Waals surface area (Å²) in [5.74, 6) is 2.07. The molecule has 0 saturated carbocycles. The molecule has 0 atom stereocenters. The highest BCUT2D eigenvalue weighted by molar-refractivity contribution is 5.94. The molecule has 3 aromatic carbocycles. The summed E-state index contributed by atoms with van der Waals surface area (Å²) in [6.07, 6.45) is 5.12. The largest absolute Gasteiger partial charge is 0.492 e. The molecule has 8 nitrogen and oxygen atoms in total. The van der Waals surface area contributed by atoms with Gasteiger partial charge in [-0.25, -0.2) is 9.97 Å². The SMILES string of the molecule is CNc1cccc(-c2nc(Nc3ccc(N)c(C=N)c3)c3cc(OCCN4CCCCC4)ccc3n2)c1. The lowest BCUT2D eigenvalue weighted by atomic mass is 10.1. The van der Waals surface area contributed by atoms with Crippen LogP contribution in [0.25, 0.3) is 22.3 Å². The molecule has 1 saturated heterocycles. The Balaban J connectivity index is 1.48. The van der Waals surface area contributed by atoms with Crippen molar-refractivity contribution in [1.29, 1.82) is 5.41 Å². The van der Waals surface area contributed by atoms with E-state index in [0.717, 1.165) is 53.2 Å². The maximum absolute atomic E-state index is 7.66. The van der Waals surface area contributed by atoms with Crippen LogP contribution >= 0.6 is 0 Å². The molecular weight excluding hydrogens is 462 g/mol. The van der Waals surface area contributed by atoms with Crippen molar-refractivity contribution < 1.29 is 4.74 Å². The Hall–Kier alpha value is -4.17. The van der Waals surface area contributed by atoms with Crippen molar-refractivity contribution in [2.45, 2.75) is 19.3 Å². The van der Waals surface area contributed by atoms with Gasteiger partial charge in [0.15, 0.2) is 5.82 Å². The quantitative estimate of drug-likeness (QED) is 0.178. The summed E-state index contributed by atoms with van der Waals surface area (Å²) in [5.41, 5.74) is 10.7. The third-order valence-electron chi connectivity index (χ3n) is 6.71. The second-order valence-corrected chi connectivity index (χ2v) is 9.27. The van der Waals surface area contributed by atoms with Gasteiger partial charge in [0.1, 0.15) is 18.2 Å². The minimum Gasteiger partial charge on any atom is -0.492 e. The van der Waals surface area contributed by atoms with Crippen molar-refractivity contribution in [2.75, 3.05) is 49.7 Å². The number of hydrogen-bond donors (Lipinski definition) is 4. The first-order valence-electron chi connectivity index (χ1n) is 12.7. The Morgan fingerprint density at radius 3 is 2.68 bits per heavy atom. The average molecular weight is 496 g/mol. The number of anilines is 4. The molecule has 37 heavy (non-hydrogen) atoms. The summed E-state index contributed by atoms with van der Waals surface area (Å²) in [6.45, 7) is 3.88. The van der Waals surface area contributed by atoms with E-state index in [9.17, 15) is 0 Å². The number of benzene rings is 3. The molecule has 0 radical (unpaired) electrons. The zero-order valence-electron chi connectivity index (χ0n) is 21.1. The number of hydrogen-bond acceptors (Lipinski definition) is 8. The zero-order valence-corrected chi connectivity index (χ0v) is 21.1. The first-order chi connectivity index (χ1) is 18.1. The summed E-state index contributed by atoms with van der Waals surface area (Å²) >= 11 is 0. The van der Waals surface area contributed by atoms with E-state index in [2.05, 4.69) is 15.5 Å². The number of nitrogens with zero attached hydrogens (tertiary/aromatic N) is 3. The highest BCUT2D eigenvalue weighted by atomic mass is 16.5. The van der Waals surface area contributed by atoms with Gasteiger partial charge in [0, 0.05) is 53.4 Å². The molecule has 0 unspecified atom stereocenters. The van der Waals surface area contributed by atoms with Crippen molar-refractivity contribution >= 4 is 40.0 Å². The number of likely N-dealkylation sites (tertiary alicyclic amines) is 1. The average Bonchev–Trinajstić information content (AvgIpc) is 2.94. The summed E-state index contributed by atoms with van der Waals surface area (Å²) < 4.78 is 6.14. The van der Waals surface area contributed by atoms with Gasteiger partial charge in [-0.3, -0.25) is 4.90 Å². The van der Waals surface area contributed by atoms with E-state index in [4.69, 9.17) is 25.8 Å². The summed E-state index contributed by atoms with van der Waals surface area (Å²) in [4.78, 5) is 12.2. The highest BCUT2D eigenvalue weighted by Gasteiger charge is 2.14. The minimum atomic E-state index is 0.557. The van der Waals surface area contributed by atoms with Crippen LogP contribution in [0.15, 0.2) is 60.7 Å². The fourth-order valence-corrected chi connectivity index (χ4v) is 4.63. The number of aromatic nitrogens is 2. The molecule has 0 amide bonds. The molecule has 1 fully saturated rings.